The highest BCUT2D eigenvalue weighted by molar-refractivity contribution is 9.10. The average molecular weight is 361 g/mol. The van der Waals surface area contributed by atoms with E-state index in [1.54, 1.807) is 6.21 Å². The number of hydrogen-bond acceptors (Lipinski definition) is 3. The Kier molecular flexibility index (Phi) is 5.72. The van der Waals surface area contributed by atoms with Crippen LogP contribution in [-0.2, 0) is 4.79 Å². The van der Waals surface area contributed by atoms with E-state index >= 15 is 0 Å². The van der Waals surface area contributed by atoms with Crippen LogP contribution >= 0.6 is 15.9 Å². The monoisotopic (exact) mass is 360 g/mol. The minimum atomic E-state index is -0.302. The van der Waals surface area contributed by atoms with Crippen LogP contribution in [0.2, 0.25) is 0 Å². The maximum Gasteiger partial charge on any atom is 0.277 e. The van der Waals surface area contributed by atoms with Crippen LogP contribution in [0.5, 0.6) is 5.75 Å². The van der Waals surface area contributed by atoms with Crippen LogP contribution in [-0.4, -0.2) is 18.7 Å². The molecule has 1 N–H and O–H groups in total. The molecule has 2 rings (SSSR count). The maximum atomic E-state index is 11.7. The van der Waals surface area contributed by atoms with Gasteiger partial charge in [0.05, 0.1) is 6.21 Å². The van der Waals surface area contributed by atoms with Crippen molar-refractivity contribution in [2.24, 2.45) is 5.10 Å². The van der Waals surface area contributed by atoms with Crippen LogP contribution < -0.4 is 10.2 Å². The molecular formula is C17H17BrN2O2. The van der Waals surface area contributed by atoms with Crippen LogP contribution in [0.1, 0.15) is 16.7 Å². The quantitative estimate of drug-likeness (QED) is 0.654. The summed E-state index contributed by atoms with van der Waals surface area (Å²) in [7, 11) is 0. The fourth-order valence-electron chi connectivity index (χ4n) is 1.79. The van der Waals surface area contributed by atoms with Crippen molar-refractivity contribution in [1.82, 2.24) is 5.43 Å². The van der Waals surface area contributed by atoms with E-state index in [9.17, 15) is 4.79 Å². The van der Waals surface area contributed by atoms with Crippen LogP contribution in [0.15, 0.2) is 52.0 Å². The molecule has 0 unspecified atom stereocenters. The second-order valence-corrected chi connectivity index (χ2v) is 5.73. The van der Waals surface area contributed by atoms with Gasteiger partial charge in [-0.15, -0.1) is 0 Å². The summed E-state index contributed by atoms with van der Waals surface area (Å²) in [6.45, 7) is 3.85. The summed E-state index contributed by atoms with van der Waals surface area (Å²) in [5.74, 6) is 0.411. The smallest absolute Gasteiger partial charge is 0.277 e. The number of benzene rings is 2. The third-order valence-corrected chi connectivity index (χ3v) is 3.72. The van der Waals surface area contributed by atoms with E-state index in [0.717, 1.165) is 21.2 Å². The summed E-state index contributed by atoms with van der Waals surface area (Å²) < 4.78 is 6.43. The first kappa shape index (κ1) is 16.2. The molecule has 1 amide bonds. The van der Waals surface area contributed by atoms with Crippen molar-refractivity contribution < 1.29 is 9.53 Å². The van der Waals surface area contributed by atoms with Crippen molar-refractivity contribution in [2.45, 2.75) is 13.8 Å². The molecule has 0 aliphatic carbocycles. The number of nitrogens with one attached hydrogen (secondary N) is 1. The second kappa shape index (κ2) is 7.75. The number of hydrogen-bond donors (Lipinski definition) is 1. The van der Waals surface area contributed by atoms with Gasteiger partial charge in [0.2, 0.25) is 0 Å². The van der Waals surface area contributed by atoms with E-state index in [-0.39, 0.29) is 12.5 Å². The average Bonchev–Trinajstić information content (AvgIpc) is 2.50. The first-order chi connectivity index (χ1) is 10.6. The van der Waals surface area contributed by atoms with Crippen LogP contribution in [0, 0.1) is 13.8 Å². The predicted octanol–water partition coefficient (Wildman–Crippen LogP) is 3.60. The van der Waals surface area contributed by atoms with E-state index in [4.69, 9.17) is 4.74 Å². The van der Waals surface area contributed by atoms with Crippen LogP contribution in [0.25, 0.3) is 0 Å². The van der Waals surface area contributed by atoms with Crippen molar-refractivity contribution >= 4 is 28.1 Å². The Morgan fingerprint density at radius 3 is 2.82 bits per heavy atom. The third-order valence-electron chi connectivity index (χ3n) is 3.00. The largest absolute Gasteiger partial charge is 0.483 e. The van der Waals surface area contributed by atoms with Gasteiger partial charge in [-0.05, 0) is 37.1 Å². The number of nitrogens with zero attached hydrogens (tertiary/aromatic N) is 1. The van der Waals surface area contributed by atoms with Crippen LogP contribution in [0.4, 0.5) is 0 Å². The Morgan fingerprint density at radius 2 is 2.05 bits per heavy atom. The van der Waals surface area contributed by atoms with Gasteiger partial charge >= 0.3 is 0 Å². The molecule has 0 saturated carbocycles. The molecule has 5 heteroatoms. The highest BCUT2D eigenvalue weighted by Crippen LogP contribution is 2.18. The molecule has 4 nitrogen and oxygen atoms in total. The van der Waals surface area contributed by atoms with Gasteiger partial charge in [0.1, 0.15) is 5.75 Å². The lowest BCUT2D eigenvalue weighted by molar-refractivity contribution is -0.123. The number of carbonyl (C=O) groups is 1. The van der Waals surface area contributed by atoms with Gasteiger partial charge < -0.3 is 4.74 Å². The standard InChI is InChI=1S/C17H17BrN2O2/c1-12-7-8-13(2)16(9-12)22-11-17(21)20-19-10-14-5-3-4-6-15(14)18/h3-10H,11H2,1-2H3,(H,20,21)/b19-10+. The van der Waals surface area contributed by atoms with E-state index in [1.165, 1.54) is 0 Å². The van der Waals surface area contributed by atoms with Gasteiger partial charge in [-0.25, -0.2) is 5.43 Å². The first-order valence-electron chi connectivity index (χ1n) is 6.83. The summed E-state index contributed by atoms with van der Waals surface area (Å²) in [6.07, 6.45) is 1.58. The van der Waals surface area contributed by atoms with Gasteiger partial charge in [-0.3, -0.25) is 4.79 Å². The molecule has 0 aliphatic rings. The van der Waals surface area contributed by atoms with Crippen molar-refractivity contribution in [3.8, 4) is 5.75 Å². The van der Waals surface area contributed by atoms with Gasteiger partial charge in [-0.1, -0.05) is 46.3 Å². The number of hydrazone groups is 1. The molecule has 2 aromatic rings. The van der Waals surface area contributed by atoms with E-state index in [0.29, 0.717) is 5.75 Å². The van der Waals surface area contributed by atoms with Crippen molar-refractivity contribution in [3.05, 3.63) is 63.6 Å². The van der Waals surface area contributed by atoms with Crippen LogP contribution in [0.3, 0.4) is 0 Å². The topological polar surface area (TPSA) is 50.7 Å². The van der Waals surface area contributed by atoms with Crippen molar-refractivity contribution in [1.29, 1.82) is 0 Å². The number of amides is 1. The summed E-state index contributed by atoms with van der Waals surface area (Å²) in [5.41, 5.74) is 5.42. The molecule has 0 saturated heterocycles. The van der Waals surface area contributed by atoms with Crippen molar-refractivity contribution in [2.75, 3.05) is 6.61 Å². The molecule has 22 heavy (non-hydrogen) atoms. The summed E-state index contributed by atoms with van der Waals surface area (Å²) in [4.78, 5) is 11.7. The molecule has 0 radical (unpaired) electrons. The third kappa shape index (κ3) is 4.70. The molecule has 0 bridgehead atoms. The molecule has 0 aromatic heterocycles. The normalized spacial score (nSPS) is 10.7. The zero-order valence-corrected chi connectivity index (χ0v) is 14.1. The van der Waals surface area contributed by atoms with E-state index < -0.39 is 0 Å². The number of carbonyl (C=O) groups excluding carboxylic acids is 1. The summed E-state index contributed by atoms with van der Waals surface area (Å²) >= 11 is 3.41. The Bertz CT molecular complexity index is 699. The Hall–Kier alpha value is -2.14. The summed E-state index contributed by atoms with van der Waals surface area (Å²) in [6, 6.07) is 13.5. The zero-order valence-electron chi connectivity index (χ0n) is 12.5. The molecule has 0 atom stereocenters. The molecule has 0 heterocycles. The number of rotatable bonds is 5. The SMILES string of the molecule is Cc1ccc(C)c(OCC(=O)N/N=C/c2ccccc2Br)c1. The lowest BCUT2D eigenvalue weighted by atomic mass is 10.1. The first-order valence-corrected chi connectivity index (χ1v) is 7.62. The summed E-state index contributed by atoms with van der Waals surface area (Å²) in [5, 5.41) is 3.92. The van der Waals surface area contributed by atoms with Crippen molar-refractivity contribution in [3.63, 3.8) is 0 Å². The Morgan fingerprint density at radius 1 is 1.27 bits per heavy atom. The van der Waals surface area contributed by atoms with Gasteiger partial charge in [0, 0.05) is 10.0 Å². The lowest BCUT2D eigenvalue weighted by Crippen LogP contribution is -2.24. The number of aryl methyl sites for hydroxylation is 2. The molecule has 0 fully saturated rings. The molecular weight excluding hydrogens is 344 g/mol. The van der Waals surface area contributed by atoms with Gasteiger partial charge in [0.15, 0.2) is 6.61 Å². The molecule has 114 valence electrons. The molecule has 2 aromatic carbocycles. The molecule has 0 spiro atoms. The molecule has 0 aliphatic heterocycles. The maximum absolute atomic E-state index is 11.7. The number of halogens is 1. The highest BCUT2D eigenvalue weighted by Gasteiger charge is 2.04. The van der Waals surface area contributed by atoms with Gasteiger partial charge in [-0.2, -0.15) is 5.10 Å². The second-order valence-electron chi connectivity index (χ2n) is 4.87. The van der Waals surface area contributed by atoms with E-state index in [1.807, 2.05) is 56.3 Å². The van der Waals surface area contributed by atoms with E-state index in [2.05, 4.69) is 26.5 Å². The highest BCUT2D eigenvalue weighted by atomic mass is 79.9. The fraction of sp³-hybridized carbons (Fsp3) is 0.176. The predicted molar refractivity (Wildman–Crippen MR) is 91.3 cm³/mol. The van der Waals surface area contributed by atoms with Gasteiger partial charge in [0.25, 0.3) is 5.91 Å². The minimum absolute atomic E-state index is 0.0718. The Balaban J connectivity index is 1.86. The Labute approximate surface area is 138 Å². The number of ether oxygens (including phenoxy) is 1. The minimum Gasteiger partial charge on any atom is -0.483 e. The zero-order chi connectivity index (χ0) is 15.9. The lowest BCUT2D eigenvalue weighted by Gasteiger charge is -2.08. The fourth-order valence-corrected chi connectivity index (χ4v) is 2.18.